The predicted molar refractivity (Wildman–Crippen MR) is 97.7 cm³/mol. The molecule has 0 saturated heterocycles. The molecule has 0 amide bonds. The second-order valence-electron chi connectivity index (χ2n) is 5.73. The molecule has 1 unspecified atom stereocenters. The summed E-state index contributed by atoms with van der Waals surface area (Å²) < 4.78 is 0. The van der Waals surface area contributed by atoms with E-state index in [9.17, 15) is 0 Å². The molecule has 2 aromatic carbocycles. The van der Waals surface area contributed by atoms with Crippen LogP contribution in [-0.2, 0) is 5.66 Å². The molecule has 23 heavy (non-hydrogen) atoms. The molecule has 122 valence electrons. The van der Waals surface area contributed by atoms with Gasteiger partial charge in [-0.05, 0) is 44.3 Å². The Kier molecular flexibility index (Phi) is 5.34. The van der Waals surface area contributed by atoms with Crippen molar-refractivity contribution >= 4 is 17.1 Å². The number of nitrogens with zero attached hydrogens (tertiary/aromatic N) is 3. The first-order valence-electron chi connectivity index (χ1n) is 7.66. The minimum atomic E-state index is -0.597. The van der Waals surface area contributed by atoms with Crippen LogP contribution in [0.3, 0.4) is 0 Å². The third-order valence-electron chi connectivity index (χ3n) is 3.94. The van der Waals surface area contributed by atoms with Crippen LogP contribution in [0.4, 0.5) is 17.1 Å². The van der Waals surface area contributed by atoms with Gasteiger partial charge in [0.25, 0.3) is 0 Å². The molecule has 0 aromatic heterocycles. The number of anilines is 2. The molecule has 0 aliphatic heterocycles. The number of hydrogen-bond donors (Lipinski definition) is 2. The SMILES string of the molecule is CNc1ccccc1C(C)(N=Nc1ccc(N(C)C)cc1)NC. The summed E-state index contributed by atoms with van der Waals surface area (Å²) >= 11 is 0. The summed E-state index contributed by atoms with van der Waals surface area (Å²) in [5.41, 5.74) is 3.46. The van der Waals surface area contributed by atoms with Crippen molar-refractivity contribution in [3.05, 3.63) is 54.1 Å². The summed E-state index contributed by atoms with van der Waals surface area (Å²) in [6.07, 6.45) is 0. The Morgan fingerprint density at radius 1 is 0.957 bits per heavy atom. The normalized spacial score (nSPS) is 13.8. The number of nitrogens with one attached hydrogen (secondary N) is 2. The number of para-hydroxylation sites is 1. The molecule has 0 spiro atoms. The van der Waals surface area contributed by atoms with Crippen molar-refractivity contribution < 1.29 is 0 Å². The fourth-order valence-electron chi connectivity index (χ4n) is 2.34. The second kappa shape index (κ2) is 7.24. The average molecular weight is 311 g/mol. The lowest BCUT2D eigenvalue weighted by molar-refractivity contribution is 0.402. The molecule has 0 aliphatic carbocycles. The lowest BCUT2D eigenvalue weighted by Gasteiger charge is -2.26. The van der Waals surface area contributed by atoms with Gasteiger partial charge in [-0.2, -0.15) is 10.2 Å². The van der Waals surface area contributed by atoms with Crippen molar-refractivity contribution in [2.45, 2.75) is 12.6 Å². The van der Waals surface area contributed by atoms with Crippen molar-refractivity contribution in [2.75, 3.05) is 38.4 Å². The first kappa shape index (κ1) is 17.0. The van der Waals surface area contributed by atoms with Gasteiger partial charge >= 0.3 is 0 Å². The van der Waals surface area contributed by atoms with Crippen molar-refractivity contribution in [3.63, 3.8) is 0 Å². The minimum Gasteiger partial charge on any atom is -0.388 e. The quantitative estimate of drug-likeness (QED) is 0.794. The Morgan fingerprint density at radius 3 is 2.17 bits per heavy atom. The van der Waals surface area contributed by atoms with Crippen LogP contribution in [0.15, 0.2) is 58.8 Å². The summed E-state index contributed by atoms with van der Waals surface area (Å²) in [5, 5.41) is 15.4. The standard InChI is InChI=1S/C18H25N5/c1-18(20-3,16-8-6-7-9-17(16)19-2)22-21-14-10-12-15(13-11-14)23(4)5/h6-13,19-20H,1-5H3. The molecule has 2 rings (SSSR count). The molecule has 0 bridgehead atoms. The molecule has 0 radical (unpaired) electrons. The van der Waals surface area contributed by atoms with Gasteiger partial charge in [-0.1, -0.05) is 18.2 Å². The maximum absolute atomic E-state index is 4.56. The van der Waals surface area contributed by atoms with Crippen LogP contribution in [-0.4, -0.2) is 28.2 Å². The third-order valence-corrected chi connectivity index (χ3v) is 3.94. The number of rotatable bonds is 6. The summed E-state index contributed by atoms with van der Waals surface area (Å²) in [6.45, 7) is 2.01. The molecule has 0 aliphatic rings. The highest BCUT2D eigenvalue weighted by Crippen LogP contribution is 2.30. The van der Waals surface area contributed by atoms with Crippen molar-refractivity contribution in [1.82, 2.24) is 5.32 Å². The molecule has 1 atom stereocenters. The average Bonchev–Trinajstić information content (AvgIpc) is 2.60. The molecule has 0 heterocycles. The lowest BCUT2D eigenvalue weighted by atomic mass is 10.0. The summed E-state index contributed by atoms with van der Waals surface area (Å²) in [6, 6.07) is 16.1. The van der Waals surface area contributed by atoms with E-state index in [0.717, 1.165) is 22.6 Å². The van der Waals surface area contributed by atoms with Crippen LogP contribution in [0.5, 0.6) is 0 Å². The van der Waals surface area contributed by atoms with E-state index >= 15 is 0 Å². The number of hydrogen-bond acceptors (Lipinski definition) is 5. The van der Waals surface area contributed by atoms with Crippen LogP contribution in [0.1, 0.15) is 12.5 Å². The van der Waals surface area contributed by atoms with E-state index in [0.29, 0.717) is 0 Å². The molecule has 0 saturated carbocycles. The van der Waals surface area contributed by atoms with E-state index in [4.69, 9.17) is 0 Å². The summed E-state index contributed by atoms with van der Waals surface area (Å²) in [4.78, 5) is 2.06. The molecular weight excluding hydrogens is 286 g/mol. The monoisotopic (exact) mass is 311 g/mol. The highest BCUT2D eigenvalue weighted by atomic mass is 15.3. The highest BCUT2D eigenvalue weighted by Gasteiger charge is 2.26. The molecule has 2 N–H and O–H groups in total. The van der Waals surface area contributed by atoms with Gasteiger partial charge in [0.15, 0.2) is 5.66 Å². The van der Waals surface area contributed by atoms with E-state index in [1.54, 1.807) is 0 Å². The van der Waals surface area contributed by atoms with Crippen LogP contribution in [0.2, 0.25) is 0 Å². The van der Waals surface area contributed by atoms with Gasteiger partial charge in [-0.3, -0.25) is 5.32 Å². The fraction of sp³-hybridized carbons (Fsp3) is 0.333. The first-order valence-corrected chi connectivity index (χ1v) is 7.66. The van der Waals surface area contributed by atoms with Crippen molar-refractivity contribution in [2.24, 2.45) is 10.2 Å². The van der Waals surface area contributed by atoms with Crippen molar-refractivity contribution in [3.8, 4) is 0 Å². The Morgan fingerprint density at radius 2 is 1.61 bits per heavy atom. The predicted octanol–water partition coefficient (Wildman–Crippen LogP) is 3.97. The van der Waals surface area contributed by atoms with E-state index in [1.807, 2.05) is 77.6 Å². The van der Waals surface area contributed by atoms with Gasteiger partial charge in [-0.25, -0.2) is 0 Å². The zero-order chi connectivity index (χ0) is 16.9. The lowest BCUT2D eigenvalue weighted by Crippen LogP contribution is -2.35. The zero-order valence-corrected chi connectivity index (χ0v) is 14.5. The maximum atomic E-state index is 4.56. The topological polar surface area (TPSA) is 52.0 Å². The maximum Gasteiger partial charge on any atom is 0.156 e. The van der Waals surface area contributed by atoms with Gasteiger partial charge in [0, 0.05) is 38.1 Å². The Bertz CT molecular complexity index is 663. The Balaban J connectivity index is 2.30. The van der Waals surface area contributed by atoms with E-state index in [2.05, 4.69) is 31.8 Å². The molecular formula is C18H25N5. The van der Waals surface area contributed by atoms with E-state index < -0.39 is 5.66 Å². The van der Waals surface area contributed by atoms with Crippen molar-refractivity contribution in [1.29, 1.82) is 0 Å². The molecule has 0 fully saturated rings. The number of benzene rings is 2. The highest BCUT2D eigenvalue weighted by molar-refractivity contribution is 5.54. The minimum absolute atomic E-state index is 0.597. The largest absolute Gasteiger partial charge is 0.388 e. The van der Waals surface area contributed by atoms with Gasteiger partial charge < -0.3 is 10.2 Å². The number of azo groups is 1. The second-order valence-corrected chi connectivity index (χ2v) is 5.73. The van der Waals surface area contributed by atoms with E-state index in [-0.39, 0.29) is 0 Å². The van der Waals surface area contributed by atoms with Gasteiger partial charge in [0.1, 0.15) is 0 Å². The van der Waals surface area contributed by atoms with Crippen LogP contribution in [0.25, 0.3) is 0 Å². The molecule has 2 aromatic rings. The van der Waals surface area contributed by atoms with E-state index in [1.165, 1.54) is 0 Å². The zero-order valence-electron chi connectivity index (χ0n) is 14.5. The summed E-state index contributed by atoms with van der Waals surface area (Å²) in [5.74, 6) is 0. The van der Waals surface area contributed by atoms with Gasteiger partial charge in [0.2, 0.25) is 0 Å². The third kappa shape index (κ3) is 3.87. The van der Waals surface area contributed by atoms with Gasteiger partial charge in [-0.15, -0.1) is 0 Å². The summed E-state index contributed by atoms with van der Waals surface area (Å²) in [7, 11) is 7.83. The Labute approximate surface area is 138 Å². The molecule has 5 heteroatoms. The Hall–Kier alpha value is -2.40. The van der Waals surface area contributed by atoms with Crippen LogP contribution in [0, 0.1) is 0 Å². The molecule has 5 nitrogen and oxygen atoms in total. The van der Waals surface area contributed by atoms with Crippen LogP contribution >= 0.6 is 0 Å². The fourth-order valence-corrected chi connectivity index (χ4v) is 2.34. The van der Waals surface area contributed by atoms with Gasteiger partial charge in [0.05, 0.1) is 5.69 Å². The smallest absolute Gasteiger partial charge is 0.156 e. The first-order chi connectivity index (χ1) is 11.0. The van der Waals surface area contributed by atoms with Crippen LogP contribution < -0.4 is 15.5 Å².